The predicted octanol–water partition coefficient (Wildman–Crippen LogP) is 0.474. The van der Waals surface area contributed by atoms with Gasteiger partial charge < -0.3 is 10.1 Å². The molecular weight excluding hydrogens is 215 g/mol. The molecule has 1 aliphatic rings. The molecule has 15 heavy (non-hydrogen) atoms. The fourth-order valence-corrected chi connectivity index (χ4v) is 1.43. The number of hydrogen-bond donors (Lipinski definition) is 1. The van der Waals surface area contributed by atoms with Gasteiger partial charge in [-0.2, -0.15) is 13.2 Å². The Balaban J connectivity index is 2.82. The fraction of sp³-hybridized carbons (Fsp3) is 0.750. The standard InChI is InChI=1S/C8H10F3NO3/c1-2-15-7(14)5-4(8(9,10)11)3-12-6(5)13/h4-5H,2-3H2,1H3,(H,12,13)/t4-,5+/m1/s1. The van der Waals surface area contributed by atoms with Crippen LogP contribution in [0.1, 0.15) is 6.92 Å². The van der Waals surface area contributed by atoms with Crippen molar-refractivity contribution in [2.75, 3.05) is 13.2 Å². The monoisotopic (exact) mass is 225 g/mol. The number of amides is 1. The van der Waals surface area contributed by atoms with E-state index >= 15 is 0 Å². The first-order valence-electron chi connectivity index (χ1n) is 4.39. The maximum Gasteiger partial charge on any atom is 0.394 e. The first-order valence-corrected chi connectivity index (χ1v) is 4.39. The van der Waals surface area contributed by atoms with Gasteiger partial charge in [-0.05, 0) is 6.92 Å². The number of carbonyl (C=O) groups is 2. The maximum absolute atomic E-state index is 12.4. The normalized spacial score (nSPS) is 26.3. The van der Waals surface area contributed by atoms with Gasteiger partial charge in [-0.1, -0.05) is 0 Å². The molecule has 0 saturated carbocycles. The largest absolute Gasteiger partial charge is 0.465 e. The van der Waals surface area contributed by atoms with Crippen LogP contribution in [-0.2, 0) is 14.3 Å². The minimum atomic E-state index is -4.57. The molecule has 1 N–H and O–H groups in total. The lowest BCUT2D eigenvalue weighted by atomic mass is 9.95. The number of esters is 1. The molecule has 1 heterocycles. The average molecular weight is 225 g/mol. The van der Waals surface area contributed by atoms with Gasteiger partial charge in [-0.3, -0.25) is 9.59 Å². The van der Waals surface area contributed by atoms with Crippen molar-refractivity contribution in [3.8, 4) is 0 Å². The van der Waals surface area contributed by atoms with Gasteiger partial charge in [0.15, 0.2) is 0 Å². The Kier molecular flexibility index (Phi) is 3.21. The van der Waals surface area contributed by atoms with Crippen LogP contribution in [0.2, 0.25) is 0 Å². The Morgan fingerprint density at radius 3 is 2.67 bits per heavy atom. The molecule has 2 atom stereocenters. The highest BCUT2D eigenvalue weighted by Crippen LogP contribution is 2.35. The summed E-state index contributed by atoms with van der Waals surface area (Å²) in [5, 5.41) is 2.01. The van der Waals surface area contributed by atoms with Crippen molar-refractivity contribution in [2.45, 2.75) is 13.1 Å². The third-order valence-corrected chi connectivity index (χ3v) is 2.14. The number of rotatable bonds is 2. The molecule has 0 aromatic rings. The molecule has 0 aliphatic carbocycles. The van der Waals surface area contributed by atoms with E-state index in [-0.39, 0.29) is 6.61 Å². The van der Waals surface area contributed by atoms with E-state index in [4.69, 9.17) is 0 Å². The molecule has 7 heteroatoms. The first kappa shape index (κ1) is 11.8. The van der Waals surface area contributed by atoms with Crippen LogP contribution in [0.5, 0.6) is 0 Å². The lowest BCUT2D eigenvalue weighted by molar-refractivity contribution is -0.190. The minimum Gasteiger partial charge on any atom is -0.465 e. The van der Waals surface area contributed by atoms with E-state index in [0.717, 1.165) is 0 Å². The Morgan fingerprint density at radius 1 is 1.60 bits per heavy atom. The number of nitrogens with one attached hydrogen (secondary N) is 1. The fourth-order valence-electron chi connectivity index (χ4n) is 1.43. The van der Waals surface area contributed by atoms with Crippen LogP contribution in [-0.4, -0.2) is 31.2 Å². The average Bonchev–Trinajstić information content (AvgIpc) is 2.46. The van der Waals surface area contributed by atoms with Gasteiger partial charge in [0.25, 0.3) is 0 Å². The van der Waals surface area contributed by atoms with Crippen molar-refractivity contribution in [3.05, 3.63) is 0 Å². The van der Waals surface area contributed by atoms with Gasteiger partial charge in [-0.15, -0.1) is 0 Å². The van der Waals surface area contributed by atoms with Gasteiger partial charge in [0.05, 0.1) is 12.5 Å². The number of hydrogen-bond acceptors (Lipinski definition) is 3. The van der Waals surface area contributed by atoms with Crippen LogP contribution in [0.3, 0.4) is 0 Å². The molecule has 0 aromatic heterocycles. The lowest BCUT2D eigenvalue weighted by Gasteiger charge is -2.18. The second-order valence-electron chi connectivity index (χ2n) is 3.12. The van der Waals surface area contributed by atoms with Crippen molar-refractivity contribution in [2.24, 2.45) is 11.8 Å². The number of alkyl halides is 3. The SMILES string of the molecule is CCOC(=O)[C@@H]1C(=O)NC[C@H]1C(F)(F)F. The van der Waals surface area contributed by atoms with E-state index in [1.807, 2.05) is 5.32 Å². The molecule has 4 nitrogen and oxygen atoms in total. The summed E-state index contributed by atoms with van der Waals surface area (Å²) in [6, 6.07) is 0. The van der Waals surface area contributed by atoms with Crippen LogP contribution in [0.15, 0.2) is 0 Å². The van der Waals surface area contributed by atoms with E-state index in [0.29, 0.717) is 0 Å². The summed E-state index contributed by atoms with van der Waals surface area (Å²) in [6.45, 7) is 0.854. The van der Waals surface area contributed by atoms with Gasteiger partial charge >= 0.3 is 12.1 Å². The smallest absolute Gasteiger partial charge is 0.394 e. The molecule has 0 spiro atoms. The van der Waals surface area contributed by atoms with Gasteiger partial charge in [0.2, 0.25) is 5.91 Å². The van der Waals surface area contributed by atoms with E-state index in [2.05, 4.69) is 4.74 Å². The molecule has 0 radical (unpaired) electrons. The van der Waals surface area contributed by atoms with Crippen molar-refractivity contribution in [1.29, 1.82) is 0 Å². The van der Waals surface area contributed by atoms with Crippen LogP contribution in [0.4, 0.5) is 13.2 Å². The summed E-state index contributed by atoms with van der Waals surface area (Å²) in [7, 11) is 0. The first-order chi connectivity index (χ1) is 6.88. The summed E-state index contributed by atoms with van der Waals surface area (Å²) in [4.78, 5) is 22.2. The van der Waals surface area contributed by atoms with Crippen LogP contribution >= 0.6 is 0 Å². The van der Waals surface area contributed by atoms with Crippen molar-refractivity contribution in [3.63, 3.8) is 0 Å². The van der Waals surface area contributed by atoms with E-state index in [1.54, 1.807) is 0 Å². The third kappa shape index (κ3) is 2.40. The Labute approximate surface area is 83.8 Å². The van der Waals surface area contributed by atoms with E-state index in [1.165, 1.54) is 6.92 Å². The van der Waals surface area contributed by atoms with Crippen LogP contribution in [0, 0.1) is 11.8 Å². The van der Waals surface area contributed by atoms with E-state index < -0.39 is 36.4 Å². The van der Waals surface area contributed by atoms with Gasteiger partial charge in [0.1, 0.15) is 5.92 Å². The van der Waals surface area contributed by atoms with Gasteiger partial charge in [0, 0.05) is 6.54 Å². The summed E-state index contributed by atoms with van der Waals surface area (Å²) >= 11 is 0. The second-order valence-corrected chi connectivity index (χ2v) is 3.12. The molecule has 1 amide bonds. The highest BCUT2D eigenvalue weighted by molar-refractivity contribution is 5.99. The molecule has 86 valence electrons. The second kappa shape index (κ2) is 4.08. The molecule has 1 aliphatic heterocycles. The summed E-state index contributed by atoms with van der Waals surface area (Å²) in [5.41, 5.74) is 0. The maximum atomic E-state index is 12.4. The van der Waals surface area contributed by atoms with Crippen molar-refractivity contribution >= 4 is 11.9 Å². The Hall–Kier alpha value is -1.27. The molecule has 1 fully saturated rings. The topological polar surface area (TPSA) is 55.4 Å². The zero-order chi connectivity index (χ0) is 11.6. The van der Waals surface area contributed by atoms with Gasteiger partial charge in [-0.25, -0.2) is 0 Å². The molecular formula is C8H10F3NO3. The zero-order valence-corrected chi connectivity index (χ0v) is 7.93. The molecule has 0 aromatic carbocycles. The molecule has 0 unspecified atom stereocenters. The predicted molar refractivity (Wildman–Crippen MR) is 42.7 cm³/mol. The quantitative estimate of drug-likeness (QED) is 0.549. The number of halogens is 3. The van der Waals surface area contributed by atoms with E-state index in [9.17, 15) is 22.8 Å². The van der Waals surface area contributed by atoms with Crippen LogP contribution < -0.4 is 5.32 Å². The molecule has 1 rings (SSSR count). The van der Waals surface area contributed by atoms with Crippen molar-refractivity contribution in [1.82, 2.24) is 5.32 Å². The third-order valence-electron chi connectivity index (χ3n) is 2.14. The van der Waals surface area contributed by atoms with Crippen molar-refractivity contribution < 1.29 is 27.5 Å². The highest BCUT2D eigenvalue weighted by Gasteiger charge is 2.54. The summed E-state index contributed by atoms with van der Waals surface area (Å²) in [5.74, 6) is -5.78. The zero-order valence-electron chi connectivity index (χ0n) is 7.93. The number of carbonyl (C=O) groups excluding carboxylic acids is 2. The van der Waals surface area contributed by atoms with Crippen LogP contribution in [0.25, 0.3) is 0 Å². The minimum absolute atomic E-state index is 0.0484. The molecule has 1 saturated heterocycles. The summed E-state index contributed by atoms with van der Waals surface area (Å²) in [6.07, 6.45) is -4.57. The highest BCUT2D eigenvalue weighted by atomic mass is 19.4. The molecule has 0 bridgehead atoms. The lowest BCUT2D eigenvalue weighted by Crippen LogP contribution is -2.36. The Morgan fingerprint density at radius 2 is 2.20 bits per heavy atom. The number of ether oxygens (including phenoxy) is 1. The Bertz CT molecular complexity index is 277. The summed E-state index contributed by atoms with van der Waals surface area (Å²) < 4.78 is 41.6.